The topological polar surface area (TPSA) is 82.2 Å². The van der Waals surface area contributed by atoms with Crippen molar-refractivity contribution in [1.82, 2.24) is 19.4 Å². The highest BCUT2D eigenvalue weighted by Crippen LogP contribution is 2.30. The van der Waals surface area contributed by atoms with Crippen LogP contribution in [0.15, 0.2) is 23.1 Å². The lowest BCUT2D eigenvalue weighted by Gasteiger charge is -2.31. The number of ether oxygens (including phenoxy) is 1. The zero-order valence-corrected chi connectivity index (χ0v) is 22.9. The minimum atomic E-state index is -3.66. The fourth-order valence-corrected chi connectivity index (χ4v) is 6.69. The maximum absolute atomic E-state index is 12.9. The number of rotatable bonds is 11. The second kappa shape index (κ2) is 12.5. The zero-order chi connectivity index (χ0) is 25.6. The lowest BCUT2D eigenvalue weighted by Crippen LogP contribution is -2.37. The Kier molecular flexibility index (Phi) is 9.98. The van der Waals surface area contributed by atoms with Gasteiger partial charge in [-0.2, -0.15) is 0 Å². The molecule has 1 saturated carbocycles. The Morgan fingerprint density at radius 1 is 1.11 bits per heavy atom. The molecule has 0 bridgehead atoms. The van der Waals surface area contributed by atoms with Crippen molar-refractivity contribution in [3.8, 4) is 5.75 Å². The number of methoxy groups -OCH3 is 1. The molecule has 0 spiro atoms. The Balaban J connectivity index is 1.35. The summed E-state index contributed by atoms with van der Waals surface area (Å²) >= 11 is 0. The molecule has 1 saturated heterocycles. The van der Waals surface area contributed by atoms with E-state index in [1.165, 1.54) is 50.2 Å². The van der Waals surface area contributed by atoms with Gasteiger partial charge < -0.3 is 19.9 Å². The van der Waals surface area contributed by atoms with Crippen LogP contribution in [0.25, 0.3) is 0 Å². The Hall–Kier alpha value is -1.68. The third-order valence-corrected chi connectivity index (χ3v) is 9.79. The van der Waals surface area contributed by atoms with Crippen molar-refractivity contribution in [2.75, 3.05) is 61.0 Å². The number of benzene rings is 1. The van der Waals surface area contributed by atoms with Crippen LogP contribution in [-0.2, 0) is 14.8 Å². The van der Waals surface area contributed by atoms with Gasteiger partial charge in [-0.1, -0.05) is 0 Å². The Morgan fingerprint density at radius 3 is 2.40 bits per heavy atom. The molecule has 1 atom stereocenters. The third-order valence-electron chi connectivity index (χ3n) is 7.77. The van der Waals surface area contributed by atoms with E-state index in [-0.39, 0.29) is 23.8 Å². The average molecular weight is 509 g/mol. The molecule has 1 heterocycles. The van der Waals surface area contributed by atoms with E-state index < -0.39 is 10.0 Å². The van der Waals surface area contributed by atoms with Crippen molar-refractivity contribution in [1.29, 1.82) is 0 Å². The Bertz CT molecular complexity index is 945. The average Bonchev–Trinajstić information content (AvgIpc) is 3.30. The van der Waals surface area contributed by atoms with Gasteiger partial charge in [0.1, 0.15) is 5.75 Å². The molecule has 1 N–H and O–H groups in total. The number of hydrogen-bond acceptors (Lipinski definition) is 6. The van der Waals surface area contributed by atoms with Gasteiger partial charge in [-0.3, -0.25) is 4.79 Å². The second-order valence-electron chi connectivity index (χ2n) is 10.6. The van der Waals surface area contributed by atoms with Gasteiger partial charge >= 0.3 is 0 Å². The van der Waals surface area contributed by atoms with Crippen LogP contribution in [-0.4, -0.2) is 95.4 Å². The van der Waals surface area contributed by atoms with Crippen molar-refractivity contribution in [3.05, 3.63) is 23.8 Å². The van der Waals surface area contributed by atoms with Crippen LogP contribution >= 0.6 is 0 Å². The Morgan fingerprint density at radius 2 is 1.80 bits per heavy atom. The fraction of sp³-hybridized carbons (Fsp3) is 0.731. The molecule has 1 aliphatic carbocycles. The molecule has 1 amide bonds. The zero-order valence-electron chi connectivity index (χ0n) is 22.1. The van der Waals surface area contributed by atoms with Gasteiger partial charge in [-0.05, 0) is 95.3 Å². The van der Waals surface area contributed by atoms with E-state index in [9.17, 15) is 13.2 Å². The molecule has 198 valence electrons. The van der Waals surface area contributed by atoms with Crippen LogP contribution in [0.3, 0.4) is 0 Å². The number of carbonyl (C=O) groups is 1. The summed E-state index contributed by atoms with van der Waals surface area (Å²) in [5.74, 6) is 1.81. The van der Waals surface area contributed by atoms with E-state index in [0.29, 0.717) is 29.8 Å². The molecule has 35 heavy (non-hydrogen) atoms. The normalized spacial score (nSPS) is 23.7. The number of likely N-dealkylation sites (tertiary alicyclic amines) is 1. The predicted molar refractivity (Wildman–Crippen MR) is 139 cm³/mol. The van der Waals surface area contributed by atoms with Gasteiger partial charge in [0.05, 0.1) is 12.0 Å². The Labute approximate surface area is 212 Å². The van der Waals surface area contributed by atoms with Gasteiger partial charge in [0.2, 0.25) is 15.9 Å². The lowest BCUT2D eigenvalue weighted by atomic mass is 9.81. The van der Waals surface area contributed by atoms with Crippen molar-refractivity contribution in [2.24, 2.45) is 11.8 Å². The molecule has 1 unspecified atom stereocenters. The monoisotopic (exact) mass is 508 g/mol. The third kappa shape index (κ3) is 7.65. The number of likely N-dealkylation sites (N-methyl/N-ethyl adjacent to an activating group) is 1. The van der Waals surface area contributed by atoms with E-state index in [4.69, 9.17) is 4.74 Å². The molecule has 0 radical (unpaired) electrons. The van der Waals surface area contributed by atoms with Gasteiger partial charge in [-0.25, -0.2) is 12.7 Å². The number of carbonyl (C=O) groups excluding carboxylic acids is 1. The highest BCUT2D eigenvalue weighted by atomic mass is 32.2. The van der Waals surface area contributed by atoms with Crippen molar-refractivity contribution < 1.29 is 17.9 Å². The molecule has 8 nitrogen and oxygen atoms in total. The van der Waals surface area contributed by atoms with E-state index in [1.54, 1.807) is 32.2 Å². The van der Waals surface area contributed by atoms with E-state index in [1.807, 2.05) is 0 Å². The summed E-state index contributed by atoms with van der Waals surface area (Å²) in [4.78, 5) is 17.6. The van der Waals surface area contributed by atoms with Gasteiger partial charge in [0.15, 0.2) is 0 Å². The molecule has 1 aromatic rings. The first-order chi connectivity index (χ1) is 16.6. The predicted octanol–water partition coefficient (Wildman–Crippen LogP) is 2.57. The summed E-state index contributed by atoms with van der Waals surface area (Å²) in [5, 5.41) is 3.04. The van der Waals surface area contributed by atoms with Gasteiger partial charge in [-0.15, -0.1) is 0 Å². The molecule has 9 heteroatoms. The van der Waals surface area contributed by atoms with Gasteiger partial charge in [0.25, 0.3) is 0 Å². The number of sulfonamides is 1. The summed E-state index contributed by atoms with van der Waals surface area (Å²) < 4.78 is 32.3. The quantitative estimate of drug-likeness (QED) is 0.495. The number of aryl methyl sites for hydroxylation is 1. The van der Waals surface area contributed by atoms with Gasteiger partial charge in [0, 0.05) is 45.7 Å². The van der Waals surface area contributed by atoms with Crippen molar-refractivity contribution in [3.63, 3.8) is 0 Å². The molecular formula is C26H44N4O4S. The van der Waals surface area contributed by atoms with E-state index in [0.717, 1.165) is 18.8 Å². The maximum atomic E-state index is 12.9. The number of amides is 1. The minimum absolute atomic E-state index is 0.0904. The standard InChI is InChI=1S/C26H44N4O4S/c1-20-16-24(34-5)10-11-25(20)35(32,33)29(4)14-13-26(31)27-17-21-6-8-22(9-7-21)18-30-15-12-23(19-30)28(2)3/h10-11,16,21-23H,6-9,12-15,17-19H2,1-5H3,(H,27,31). The van der Waals surface area contributed by atoms with E-state index >= 15 is 0 Å². The minimum Gasteiger partial charge on any atom is -0.497 e. The summed E-state index contributed by atoms with van der Waals surface area (Å²) in [5.41, 5.74) is 0.624. The summed E-state index contributed by atoms with van der Waals surface area (Å²) in [6.07, 6.45) is 6.19. The van der Waals surface area contributed by atoms with Crippen LogP contribution in [0.4, 0.5) is 0 Å². The largest absolute Gasteiger partial charge is 0.497 e. The van der Waals surface area contributed by atoms with Crippen LogP contribution in [0.2, 0.25) is 0 Å². The first kappa shape index (κ1) is 27.9. The second-order valence-corrected chi connectivity index (χ2v) is 12.6. The molecular weight excluding hydrogens is 464 g/mol. The lowest BCUT2D eigenvalue weighted by molar-refractivity contribution is -0.121. The van der Waals surface area contributed by atoms with Crippen molar-refractivity contribution >= 4 is 15.9 Å². The molecule has 3 rings (SSSR count). The van der Waals surface area contributed by atoms with E-state index in [2.05, 4.69) is 29.2 Å². The van der Waals surface area contributed by atoms with Crippen LogP contribution in [0.1, 0.15) is 44.1 Å². The molecule has 0 aromatic heterocycles. The smallest absolute Gasteiger partial charge is 0.243 e. The van der Waals surface area contributed by atoms with Crippen LogP contribution in [0, 0.1) is 18.8 Å². The summed E-state index contributed by atoms with van der Waals surface area (Å²) in [6, 6.07) is 5.59. The van der Waals surface area contributed by atoms with Crippen LogP contribution in [0.5, 0.6) is 5.75 Å². The fourth-order valence-electron chi connectivity index (χ4n) is 5.31. The van der Waals surface area contributed by atoms with Crippen LogP contribution < -0.4 is 10.1 Å². The molecule has 2 aliphatic rings. The van der Waals surface area contributed by atoms with Crippen molar-refractivity contribution in [2.45, 2.75) is 56.4 Å². The number of nitrogens with zero attached hydrogens (tertiary/aromatic N) is 3. The molecule has 2 fully saturated rings. The highest BCUT2D eigenvalue weighted by molar-refractivity contribution is 7.89. The molecule has 1 aromatic carbocycles. The summed E-state index contributed by atoms with van der Waals surface area (Å²) in [7, 11) is 3.76. The summed E-state index contributed by atoms with van der Waals surface area (Å²) in [6.45, 7) is 6.18. The highest BCUT2D eigenvalue weighted by Gasteiger charge is 2.28. The number of hydrogen-bond donors (Lipinski definition) is 1. The molecule has 1 aliphatic heterocycles. The first-order valence-corrected chi connectivity index (χ1v) is 14.3. The number of nitrogens with one attached hydrogen (secondary N) is 1. The first-order valence-electron chi connectivity index (χ1n) is 12.9. The maximum Gasteiger partial charge on any atom is 0.243 e. The SMILES string of the molecule is COc1ccc(S(=O)(=O)N(C)CCC(=O)NCC2CCC(CN3CCC(N(C)C)C3)CC2)c(C)c1.